The minimum Gasteiger partial charge on any atom is -0.480 e. The average Bonchev–Trinajstić information content (AvgIpc) is 3.27. The summed E-state index contributed by atoms with van der Waals surface area (Å²) >= 11 is 0. The molecule has 14 nitrogen and oxygen atoms in total. The van der Waals surface area contributed by atoms with Crippen LogP contribution in [0.1, 0.15) is 32.3 Å². The molecule has 0 aliphatic heterocycles. The zero-order valence-electron chi connectivity index (χ0n) is 21.3. The Bertz CT molecular complexity index is 1160. The van der Waals surface area contributed by atoms with Crippen molar-refractivity contribution in [1.29, 1.82) is 0 Å². The number of carbonyl (C=O) groups excluding carboxylic acids is 3. The number of aromatic amines is 1. The smallest absolute Gasteiger partial charge is 0.326 e. The van der Waals surface area contributed by atoms with E-state index in [1.807, 2.05) is 24.3 Å². The van der Waals surface area contributed by atoms with Crippen molar-refractivity contribution in [3.05, 3.63) is 36.0 Å². The third-order valence-corrected chi connectivity index (χ3v) is 5.87. The Morgan fingerprint density at radius 2 is 1.66 bits per heavy atom. The summed E-state index contributed by atoms with van der Waals surface area (Å²) in [5.41, 5.74) is 17.8. The van der Waals surface area contributed by atoms with Crippen LogP contribution in [-0.4, -0.2) is 81.7 Å². The van der Waals surface area contributed by atoms with Crippen LogP contribution in [0.25, 0.3) is 10.9 Å². The summed E-state index contributed by atoms with van der Waals surface area (Å²) in [5.74, 6) is -3.57. The number of nitrogens with zero attached hydrogens (tertiary/aromatic N) is 1. The number of benzene rings is 1. The molecule has 12 N–H and O–H groups in total. The van der Waals surface area contributed by atoms with Gasteiger partial charge in [-0.15, -0.1) is 0 Å². The van der Waals surface area contributed by atoms with Crippen molar-refractivity contribution in [1.82, 2.24) is 20.9 Å². The lowest BCUT2D eigenvalue weighted by atomic mass is 10.0. The molecule has 14 heteroatoms. The molecular weight excluding hydrogens is 496 g/mol. The SMILES string of the molecule is CC(NC(=O)C(N)C(C)O)C(=O)NC(CCCN=C(N)N)C(=O)NC(Cc1c[nH]c2ccccc12)C(=O)O. The number of aromatic nitrogens is 1. The lowest BCUT2D eigenvalue weighted by Gasteiger charge is -2.24. The first-order valence-corrected chi connectivity index (χ1v) is 12.1. The molecule has 5 atom stereocenters. The fourth-order valence-electron chi connectivity index (χ4n) is 3.66. The van der Waals surface area contributed by atoms with Crippen LogP contribution in [0.2, 0.25) is 0 Å². The van der Waals surface area contributed by atoms with Crippen molar-refractivity contribution in [2.75, 3.05) is 6.54 Å². The second-order valence-electron chi connectivity index (χ2n) is 8.97. The van der Waals surface area contributed by atoms with Crippen LogP contribution >= 0.6 is 0 Å². The van der Waals surface area contributed by atoms with Crippen LogP contribution in [0.15, 0.2) is 35.5 Å². The van der Waals surface area contributed by atoms with E-state index in [0.29, 0.717) is 12.0 Å². The number of carbonyl (C=O) groups is 4. The molecule has 1 aromatic heterocycles. The number of rotatable bonds is 14. The van der Waals surface area contributed by atoms with E-state index in [4.69, 9.17) is 17.2 Å². The first-order valence-electron chi connectivity index (χ1n) is 12.1. The normalized spacial score (nSPS) is 14.9. The highest BCUT2D eigenvalue weighted by Gasteiger charge is 2.29. The van der Waals surface area contributed by atoms with Gasteiger partial charge >= 0.3 is 5.97 Å². The minimum atomic E-state index is -1.28. The van der Waals surface area contributed by atoms with Crippen molar-refractivity contribution in [3.63, 3.8) is 0 Å². The van der Waals surface area contributed by atoms with Crippen LogP contribution < -0.4 is 33.2 Å². The van der Waals surface area contributed by atoms with Gasteiger partial charge < -0.3 is 48.3 Å². The number of aliphatic hydroxyl groups is 1. The van der Waals surface area contributed by atoms with Gasteiger partial charge in [-0.1, -0.05) is 18.2 Å². The first kappa shape index (κ1) is 30.1. The number of fused-ring (bicyclic) bond motifs is 1. The number of guanidine groups is 1. The molecule has 0 saturated heterocycles. The number of nitrogens with one attached hydrogen (secondary N) is 4. The Kier molecular flexibility index (Phi) is 11.0. The molecule has 38 heavy (non-hydrogen) atoms. The molecule has 3 amide bonds. The number of para-hydroxylation sites is 1. The molecule has 0 radical (unpaired) electrons. The fourth-order valence-corrected chi connectivity index (χ4v) is 3.66. The van der Waals surface area contributed by atoms with Gasteiger partial charge in [0.05, 0.1) is 6.10 Å². The molecule has 5 unspecified atom stereocenters. The van der Waals surface area contributed by atoms with Crippen molar-refractivity contribution < 1.29 is 29.4 Å². The Morgan fingerprint density at radius 3 is 2.29 bits per heavy atom. The Hall–Kier alpha value is -4.17. The maximum Gasteiger partial charge on any atom is 0.326 e. The maximum absolute atomic E-state index is 13.1. The van der Waals surface area contributed by atoms with E-state index in [1.165, 1.54) is 13.8 Å². The summed E-state index contributed by atoms with van der Waals surface area (Å²) < 4.78 is 0. The Labute approximate surface area is 219 Å². The van der Waals surface area contributed by atoms with E-state index >= 15 is 0 Å². The molecule has 0 aliphatic rings. The van der Waals surface area contributed by atoms with Gasteiger partial charge in [0.25, 0.3) is 0 Å². The predicted molar refractivity (Wildman–Crippen MR) is 141 cm³/mol. The number of hydrogen-bond acceptors (Lipinski definition) is 7. The fraction of sp³-hybridized carbons (Fsp3) is 0.458. The summed E-state index contributed by atoms with van der Waals surface area (Å²) in [6.07, 6.45) is 0.933. The topological polar surface area (TPSA) is 251 Å². The highest BCUT2D eigenvalue weighted by atomic mass is 16.4. The first-order chi connectivity index (χ1) is 17.9. The number of amides is 3. The van der Waals surface area contributed by atoms with Crippen molar-refractivity contribution in [2.45, 2.75) is 63.4 Å². The molecule has 208 valence electrons. The summed E-state index contributed by atoms with van der Waals surface area (Å²) in [6, 6.07) is 2.59. The second kappa shape index (κ2) is 13.9. The number of carboxylic acid groups (broad SMARTS) is 1. The van der Waals surface area contributed by atoms with Gasteiger partial charge in [-0.05, 0) is 38.3 Å². The highest BCUT2D eigenvalue weighted by molar-refractivity contribution is 5.94. The molecule has 0 spiro atoms. The molecule has 1 heterocycles. The maximum atomic E-state index is 13.1. The zero-order chi connectivity index (χ0) is 28.4. The van der Waals surface area contributed by atoms with Gasteiger partial charge in [0, 0.05) is 30.1 Å². The molecule has 0 fully saturated rings. The minimum absolute atomic E-state index is 0.00342. The van der Waals surface area contributed by atoms with Crippen LogP contribution in [0.4, 0.5) is 0 Å². The summed E-state index contributed by atoms with van der Waals surface area (Å²) in [7, 11) is 0. The third kappa shape index (κ3) is 8.74. The number of H-pyrrole nitrogens is 1. The lowest BCUT2D eigenvalue weighted by Crippen LogP contribution is -2.57. The largest absolute Gasteiger partial charge is 0.480 e. The lowest BCUT2D eigenvalue weighted by molar-refractivity contribution is -0.142. The summed E-state index contributed by atoms with van der Waals surface area (Å²) in [5, 5.41) is 27.5. The van der Waals surface area contributed by atoms with Gasteiger partial charge in [-0.25, -0.2) is 4.79 Å². The summed E-state index contributed by atoms with van der Waals surface area (Å²) in [4.78, 5) is 56.9. The van der Waals surface area contributed by atoms with Crippen LogP contribution in [0.3, 0.4) is 0 Å². The van der Waals surface area contributed by atoms with Crippen LogP contribution in [0.5, 0.6) is 0 Å². The quantitative estimate of drug-likeness (QED) is 0.0742. The Morgan fingerprint density at radius 1 is 1.00 bits per heavy atom. The van der Waals surface area contributed by atoms with Gasteiger partial charge in [0.15, 0.2) is 5.96 Å². The van der Waals surface area contributed by atoms with Gasteiger partial charge in [0.2, 0.25) is 17.7 Å². The van der Waals surface area contributed by atoms with Gasteiger partial charge in [-0.2, -0.15) is 0 Å². The number of hydrogen-bond donors (Lipinski definition) is 9. The number of aliphatic imine (C=N–C) groups is 1. The molecular formula is C24H36N8O6. The van der Waals surface area contributed by atoms with E-state index in [-0.39, 0.29) is 25.3 Å². The molecule has 0 aliphatic carbocycles. The Balaban J connectivity index is 2.13. The zero-order valence-corrected chi connectivity index (χ0v) is 21.3. The molecule has 0 saturated carbocycles. The molecule has 2 aromatic rings. The van der Waals surface area contributed by atoms with Crippen molar-refractivity contribution in [2.24, 2.45) is 22.2 Å². The van der Waals surface area contributed by atoms with E-state index in [0.717, 1.165) is 10.9 Å². The number of carboxylic acids is 1. The molecule has 2 rings (SSSR count). The van der Waals surface area contributed by atoms with E-state index < -0.39 is 54.0 Å². The van der Waals surface area contributed by atoms with Gasteiger partial charge in [-0.3, -0.25) is 19.4 Å². The van der Waals surface area contributed by atoms with Crippen LogP contribution in [0, 0.1) is 0 Å². The van der Waals surface area contributed by atoms with E-state index in [2.05, 4.69) is 25.9 Å². The average molecular weight is 533 g/mol. The van der Waals surface area contributed by atoms with Crippen molar-refractivity contribution >= 4 is 40.6 Å². The van der Waals surface area contributed by atoms with Crippen molar-refractivity contribution in [3.8, 4) is 0 Å². The van der Waals surface area contributed by atoms with Crippen LogP contribution in [-0.2, 0) is 25.6 Å². The third-order valence-electron chi connectivity index (χ3n) is 5.87. The highest BCUT2D eigenvalue weighted by Crippen LogP contribution is 2.19. The monoisotopic (exact) mass is 532 g/mol. The second-order valence-corrected chi connectivity index (χ2v) is 8.97. The predicted octanol–water partition coefficient (Wildman–Crippen LogP) is -1.97. The molecule has 0 bridgehead atoms. The number of nitrogens with two attached hydrogens (primary N) is 3. The van der Waals surface area contributed by atoms with E-state index in [1.54, 1.807) is 6.20 Å². The van der Waals surface area contributed by atoms with Gasteiger partial charge in [0.1, 0.15) is 24.2 Å². The standard InChI is InChI=1S/C24H36N8O6/c1-12(30-22(36)19(25)13(2)33)20(34)31-17(8-5-9-28-24(26)27)21(35)32-18(23(37)38)10-14-11-29-16-7-4-3-6-15(14)16/h3-4,6-7,11-13,17-19,29,33H,5,8-10,25H2,1-2H3,(H,30,36)(H,31,34)(H,32,35)(H,37,38)(H4,26,27,28). The number of aliphatic hydroxyl groups excluding tert-OH is 1. The molecule has 1 aromatic carbocycles. The number of aliphatic carboxylic acids is 1. The van der Waals surface area contributed by atoms with E-state index in [9.17, 15) is 29.4 Å². The summed E-state index contributed by atoms with van der Waals surface area (Å²) in [6.45, 7) is 2.89.